The molecule has 2 heterocycles. The summed E-state index contributed by atoms with van der Waals surface area (Å²) in [4.78, 5) is 87.2. The summed E-state index contributed by atoms with van der Waals surface area (Å²) in [6, 6.07) is 18.2. The number of carbonyl (C=O) groups excluding carboxylic acids is 6. The van der Waals surface area contributed by atoms with Crippen molar-refractivity contribution in [1.29, 1.82) is 0 Å². The summed E-state index contributed by atoms with van der Waals surface area (Å²) < 4.78 is 40.9. The molecule has 2 aliphatic heterocycles. The Morgan fingerprint density at radius 2 is 1.55 bits per heavy atom. The third-order valence-electron chi connectivity index (χ3n) is 9.42. The maximum absolute atomic E-state index is 15.6. The first kappa shape index (κ1) is 36.2. The number of esters is 4. The molecule has 1 spiro atoms. The number of amides is 1. The lowest BCUT2D eigenvalue weighted by Gasteiger charge is -2.45. The predicted octanol–water partition coefficient (Wildman–Crippen LogP) is 3.14. The van der Waals surface area contributed by atoms with Crippen LogP contribution in [0.3, 0.4) is 0 Å². The molecule has 0 unspecified atom stereocenters. The average Bonchev–Trinajstić information content (AvgIpc) is 3.58. The molecule has 5 rings (SSSR count). The number of fused-ring (bicyclic) bond motifs is 2. The summed E-state index contributed by atoms with van der Waals surface area (Å²) in [6.07, 6.45) is -0.290. The highest BCUT2D eigenvalue weighted by atomic mass is 19.1. The molecule has 0 aliphatic carbocycles. The lowest BCUT2D eigenvalue weighted by atomic mass is 9.58. The highest BCUT2D eigenvalue weighted by Gasteiger charge is 2.79. The maximum Gasteiger partial charge on any atom is 0.354 e. The Balaban J connectivity index is 1.95. The van der Waals surface area contributed by atoms with Gasteiger partial charge in [0.15, 0.2) is 11.3 Å². The number of carbonyl (C=O) groups is 6. The maximum atomic E-state index is 15.6. The molecule has 266 valence electrons. The van der Waals surface area contributed by atoms with Crippen LogP contribution in [0.1, 0.15) is 27.9 Å². The normalized spacial score (nSPS) is 20.9. The Morgan fingerprint density at radius 1 is 0.863 bits per heavy atom. The van der Waals surface area contributed by atoms with Crippen LogP contribution in [-0.2, 0) is 54.9 Å². The van der Waals surface area contributed by atoms with Crippen molar-refractivity contribution in [3.8, 4) is 5.75 Å². The van der Waals surface area contributed by atoms with E-state index in [0.29, 0.717) is 17.4 Å². The molecule has 13 nitrogen and oxygen atoms in total. The Bertz CT molecular complexity index is 1910. The van der Waals surface area contributed by atoms with Gasteiger partial charge in [0, 0.05) is 17.8 Å². The number of benzene rings is 3. The Labute approximate surface area is 292 Å². The highest BCUT2D eigenvalue weighted by molar-refractivity contribution is 6.18. The van der Waals surface area contributed by atoms with Crippen molar-refractivity contribution >= 4 is 41.3 Å². The van der Waals surface area contributed by atoms with Gasteiger partial charge in [-0.15, -0.1) is 0 Å². The number of hydrogen-bond donors (Lipinski definition) is 0. The molecule has 0 N–H and O–H groups in total. The molecule has 3 aromatic carbocycles. The van der Waals surface area contributed by atoms with E-state index in [2.05, 4.69) is 0 Å². The molecular formula is C37H35FN2O11. The number of halogens is 1. The minimum absolute atomic E-state index is 0.0580. The lowest BCUT2D eigenvalue weighted by Crippen LogP contribution is -2.67. The summed E-state index contributed by atoms with van der Waals surface area (Å²) in [5.74, 6) is -8.21. The van der Waals surface area contributed by atoms with Gasteiger partial charge in [0.1, 0.15) is 22.7 Å². The van der Waals surface area contributed by atoms with Crippen molar-refractivity contribution in [2.24, 2.45) is 5.92 Å². The number of ether oxygens (including phenoxy) is 5. The molecule has 51 heavy (non-hydrogen) atoms. The van der Waals surface area contributed by atoms with E-state index >= 15 is 9.18 Å². The van der Waals surface area contributed by atoms with Gasteiger partial charge in [-0.25, -0.2) is 18.8 Å². The number of Topliss-reactive ketones (excluding diaryl/α,β-unsaturated/α-hetero) is 1. The van der Waals surface area contributed by atoms with Gasteiger partial charge >= 0.3 is 23.9 Å². The third kappa shape index (κ3) is 5.85. The monoisotopic (exact) mass is 702 g/mol. The van der Waals surface area contributed by atoms with Crippen molar-refractivity contribution in [2.45, 2.75) is 23.9 Å². The minimum Gasteiger partial charge on any atom is -0.497 e. The second kappa shape index (κ2) is 14.4. The summed E-state index contributed by atoms with van der Waals surface area (Å²) in [5.41, 5.74) is -5.09. The second-order valence-corrected chi connectivity index (χ2v) is 11.8. The number of ketones is 1. The topological polar surface area (TPSA) is 155 Å². The van der Waals surface area contributed by atoms with Gasteiger partial charge in [0.2, 0.25) is 5.91 Å². The third-order valence-corrected chi connectivity index (χ3v) is 9.42. The molecule has 3 aromatic rings. The van der Waals surface area contributed by atoms with Gasteiger partial charge in [0.05, 0.1) is 60.5 Å². The fourth-order valence-electron chi connectivity index (χ4n) is 7.22. The van der Waals surface area contributed by atoms with Crippen LogP contribution < -0.4 is 9.64 Å². The molecule has 2 aliphatic rings. The largest absolute Gasteiger partial charge is 0.497 e. The number of likely N-dealkylation sites (tertiary alicyclic amines) is 1. The van der Waals surface area contributed by atoms with Crippen molar-refractivity contribution in [3.63, 3.8) is 0 Å². The number of hydrogen-bond acceptors (Lipinski definition) is 12. The highest BCUT2D eigenvalue weighted by Crippen LogP contribution is 2.62. The molecule has 14 heteroatoms. The predicted molar refractivity (Wildman–Crippen MR) is 177 cm³/mol. The first-order chi connectivity index (χ1) is 24.4. The van der Waals surface area contributed by atoms with Crippen LogP contribution in [0.2, 0.25) is 0 Å². The van der Waals surface area contributed by atoms with Crippen LogP contribution in [0.4, 0.5) is 10.1 Å². The van der Waals surface area contributed by atoms with Gasteiger partial charge in [-0.2, -0.15) is 0 Å². The van der Waals surface area contributed by atoms with Gasteiger partial charge in [-0.3, -0.25) is 14.4 Å². The van der Waals surface area contributed by atoms with Gasteiger partial charge in [-0.05, 0) is 53.6 Å². The van der Waals surface area contributed by atoms with E-state index in [4.69, 9.17) is 23.7 Å². The number of methoxy groups -OCH3 is 5. The minimum atomic E-state index is -2.67. The van der Waals surface area contributed by atoms with Crippen molar-refractivity contribution in [3.05, 3.63) is 107 Å². The first-order valence-corrected chi connectivity index (χ1v) is 15.6. The second-order valence-electron chi connectivity index (χ2n) is 11.8. The van der Waals surface area contributed by atoms with Crippen molar-refractivity contribution in [2.75, 3.05) is 47.0 Å². The zero-order valence-corrected chi connectivity index (χ0v) is 28.5. The fourth-order valence-corrected chi connectivity index (χ4v) is 7.22. The van der Waals surface area contributed by atoms with Gasteiger partial charge in [-0.1, -0.05) is 30.3 Å². The molecule has 0 saturated carbocycles. The molecule has 0 bridgehead atoms. The Kier molecular flexibility index (Phi) is 10.3. The van der Waals surface area contributed by atoms with E-state index in [9.17, 15) is 24.0 Å². The van der Waals surface area contributed by atoms with Crippen LogP contribution in [-0.4, -0.2) is 88.1 Å². The molecule has 3 atom stereocenters. The summed E-state index contributed by atoms with van der Waals surface area (Å²) >= 11 is 0. The van der Waals surface area contributed by atoms with Crippen LogP contribution in [0.15, 0.2) is 84.6 Å². The summed E-state index contributed by atoms with van der Waals surface area (Å²) in [6.45, 7) is -0.739. The van der Waals surface area contributed by atoms with E-state index in [1.54, 1.807) is 30.3 Å². The fraction of sp³-hybridized carbons (Fsp3) is 0.297. The van der Waals surface area contributed by atoms with Crippen LogP contribution in [0.25, 0.3) is 0 Å². The van der Waals surface area contributed by atoms with Gasteiger partial charge < -0.3 is 33.5 Å². The summed E-state index contributed by atoms with van der Waals surface area (Å²) in [5, 5.41) is 0. The number of nitrogens with zero attached hydrogens (tertiary/aromatic N) is 2. The smallest absolute Gasteiger partial charge is 0.354 e. The van der Waals surface area contributed by atoms with Crippen molar-refractivity contribution in [1.82, 2.24) is 4.90 Å². The summed E-state index contributed by atoms with van der Waals surface area (Å²) in [7, 11) is 5.51. The van der Waals surface area contributed by atoms with Crippen molar-refractivity contribution < 1.29 is 56.8 Å². The van der Waals surface area contributed by atoms with E-state index in [1.807, 2.05) is 0 Å². The van der Waals surface area contributed by atoms with E-state index in [-0.39, 0.29) is 23.4 Å². The molecule has 1 saturated heterocycles. The Morgan fingerprint density at radius 3 is 2.14 bits per heavy atom. The molecule has 0 aromatic heterocycles. The Hall–Kier alpha value is -6.05. The zero-order chi connectivity index (χ0) is 37.1. The zero-order valence-electron chi connectivity index (χ0n) is 28.5. The van der Waals surface area contributed by atoms with E-state index in [1.165, 1.54) is 42.3 Å². The van der Waals surface area contributed by atoms with Crippen LogP contribution >= 0.6 is 0 Å². The molecular weight excluding hydrogens is 667 g/mol. The number of rotatable bonds is 11. The van der Waals surface area contributed by atoms with Crippen LogP contribution in [0.5, 0.6) is 5.75 Å². The first-order valence-electron chi connectivity index (χ1n) is 15.6. The lowest BCUT2D eigenvalue weighted by molar-refractivity contribution is -0.166. The van der Waals surface area contributed by atoms with E-state index in [0.717, 1.165) is 45.5 Å². The number of anilines is 1. The standard InChI is InChI=1S/C37H35FN2O11/c1-47-25-14-11-23(12-15-25)32(43)27-21-40(29(33(44)50-4)18-30(41)48-2)36(35(46)51-5,19-31(42)49-3)37(27)26-17-24(38)13-16-28(26)39(34(37)45)20-22-9-7-6-8-10-22/h6-18,27H,19-21H2,1-5H3/b29-18+/t27-,36-,37+/m1/s1. The molecule has 0 radical (unpaired) electrons. The molecule has 1 amide bonds. The average molecular weight is 703 g/mol. The quantitative estimate of drug-likeness (QED) is 0.125. The van der Waals surface area contributed by atoms with E-state index < -0.39 is 76.9 Å². The SMILES string of the molecule is COC(=O)/C=C(\C(=O)OC)N1C[C@H](C(=O)c2ccc(OC)cc2)[C@@]2(C(=O)N(Cc3ccccc3)c3ccc(F)cc32)[C@@]1(CC(=O)OC)C(=O)OC. The van der Waals surface area contributed by atoms with Gasteiger partial charge in [0.25, 0.3) is 0 Å². The molecule has 1 fully saturated rings. The van der Waals surface area contributed by atoms with Crippen LogP contribution in [0, 0.1) is 11.7 Å².